The number of aliphatic hydroxyl groups excluding tert-OH is 1. The van der Waals surface area contributed by atoms with Crippen molar-refractivity contribution < 1.29 is 5.11 Å². The van der Waals surface area contributed by atoms with Gasteiger partial charge >= 0.3 is 0 Å². The Labute approximate surface area is 129 Å². The van der Waals surface area contributed by atoms with Gasteiger partial charge in [-0.2, -0.15) is 0 Å². The molecule has 5 nitrogen and oxygen atoms in total. The molecule has 1 aliphatic rings. The summed E-state index contributed by atoms with van der Waals surface area (Å²) in [6.45, 7) is 9.12. The molecular formula is C15H22N4OS. The fourth-order valence-corrected chi connectivity index (χ4v) is 3.69. The van der Waals surface area contributed by atoms with Gasteiger partial charge in [-0.3, -0.25) is 4.90 Å². The smallest absolute Gasteiger partial charge is 0.141 e. The molecule has 0 atom stereocenters. The number of fused-ring (bicyclic) bond motifs is 1. The van der Waals surface area contributed by atoms with Crippen LogP contribution in [0.25, 0.3) is 10.2 Å². The number of thiophene rings is 1. The standard InChI is InChI=1S/C15H22N4OS/c1-3-13-16-14(12-10-11(2)21-15(12)17-13)19-6-4-18(5-7-19)8-9-20/h10,20H,3-9H2,1-2H3. The Morgan fingerprint density at radius 3 is 2.67 bits per heavy atom. The predicted octanol–water partition coefficient (Wildman–Crippen LogP) is 1.68. The summed E-state index contributed by atoms with van der Waals surface area (Å²) >= 11 is 1.75. The second-order valence-corrected chi connectivity index (χ2v) is 6.68. The summed E-state index contributed by atoms with van der Waals surface area (Å²) in [5.74, 6) is 2.02. The van der Waals surface area contributed by atoms with E-state index in [1.807, 2.05) is 0 Å². The molecule has 21 heavy (non-hydrogen) atoms. The highest BCUT2D eigenvalue weighted by atomic mass is 32.1. The Hall–Kier alpha value is -1.24. The Kier molecular flexibility index (Phi) is 4.37. The highest BCUT2D eigenvalue weighted by Crippen LogP contribution is 2.31. The maximum absolute atomic E-state index is 9.04. The van der Waals surface area contributed by atoms with E-state index in [1.54, 1.807) is 11.3 Å². The van der Waals surface area contributed by atoms with Gasteiger partial charge in [0.15, 0.2) is 0 Å². The van der Waals surface area contributed by atoms with Crippen molar-refractivity contribution in [1.29, 1.82) is 0 Å². The van der Waals surface area contributed by atoms with Crippen LogP contribution in [0, 0.1) is 6.92 Å². The van der Waals surface area contributed by atoms with E-state index in [2.05, 4.69) is 34.7 Å². The van der Waals surface area contributed by atoms with Crippen LogP contribution in [0.4, 0.5) is 5.82 Å². The zero-order valence-corrected chi connectivity index (χ0v) is 13.5. The normalized spacial score (nSPS) is 16.8. The van der Waals surface area contributed by atoms with Gasteiger partial charge in [-0.1, -0.05) is 6.92 Å². The molecule has 0 unspecified atom stereocenters. The summed E-state index contributed by atoms with van der Waals surface area (Å²) in [5.41, 5.74) is 0. The minimum Gasteiger partial charge on any atom is -0.395 e. The van der Waals surface area contributed by atoms with E-state index >= 15 is 0 Å². The third-order valence-corrected chi connectivity index (χ3v) is 4.89. The minimum absolute atomic E-state index is 0.238. The molecule has 114 valence electrons. The van der Waals surface area contributed by atoms with Crippen molar-refractivity contribution in [2.75, 3.05) is 44.2 Å². The van der Waals surface area contributed by atoms with Crippen LogP contribution in [0.1, 0.15) is 17.6 Å². The fraction of sp³-hybridized carbons (Fsp3) is 0.600. The lowest BCUT2D eigenvalue weighted by Gasteiger charge is -2.35. The lowest BCUT2D eigenvalue weighted by molar-refractivity contribution is 0.188. The third-order valence-electron chi connectivity index (χ3n) is 3.95. The van der Waals surface area contributed by atoms with E-state index in [4.69, 9.17) is 10.1 Å². The number of aryl methyl sites for hydroxylation is 2. The summed E-state index contributed by atoms with van der Waals surface area (Å²) < 4.78 is 0. The van der Waals surface area contributed by atoms with E-state index in [0.717, 1.165) is 55.6 Å². The van der Waals surface area contributed by atoms with Crippen LogP contribution in [0.3, 0.4) is 0 Å². The van der Waals surface area contributed by atoms with Gasteiger partial charge in [-0.15, -0.1) is 11.3 Å². The first-order chi connectivity index (χ1) is 10.2. The number of aromatic nitrogens is 2. The number of piperazine rings is 1. The molecule has 0 spiro atoms. The molecule has 0 aromatic carbocycles. The Bertz CT molecular complexity index is 619. The van der Waals surface area contributed by atoms with Crippen LogP contribution >= 0.6 is 11.3 Å². The third kappa shape index (κ3) is 3.02. The number of aliphatic hydroxyl groups is 1. The number of rotatable bonds is 4. The van der Waals surface area contributed by atoms with E-state index in [9.17, 15) is 0 Å². The highest BCUT2D eigenvalue weighted by Gasteiger charge is 2.21. The number of β-amino-alcohol motifs (C(OH)–C–C–N with tert-alkyl or cyclic N) is 1. The van der Waals surface area contributed by atoms with Crippen LogP contribution in [0.5, 0.6) is 0 Å². The van der Waals surface area contributed by atoms with Crippen LogP contribution in [-0.2, 0) is 6.42 Å². The molecular weight excluding hydrogens is 284 g/mol. The molecule has 3 heterocycles. The van der Waals surface area contributed by atoms with Gasteiger partial charge in [-0.25, -0.2) is 9.97 Å². The molecule has 3 rings (SSSR count). The average molecular weight is 306 g/mol. The summed E-state index contributed by atoms with van der Waals surface area (Å²) in [7, 11) is 0. The first-order valence-electron chi connectivity index (χ1n) is 7.56. The maximum atomic E-state index is 9.04. The van der Waals surface area contributed by atoms with Crippen molar-refractivity contribution in [1.82, 2.24) is 14.9 Å². The Morgan fingerprint density at radius 2 is 2.00 bits per heavy atom. The Morgan fingerprint density at radius 1 is 1.24 bits per heavy atom. The zero-order chi connectivity index (χ0) is 14.8. The Balaban J connectivity index is 1.89. The van der Waals surface area contributed by atoms with E-state index < -0.39 is 0 Å². The molecule has 0 bridgehead atoms. The van der Waals surface area contributed by atoms with Gasteiger partial charge < -0.3 is 10.0 Å². The summed E-state index contributed by atoms with van der Waals surface area (Å²) in [5, 5.41) is 10.2. The van der Waals surface area contributed by atoms with Crippen molar-refractivity contribution in [3.05, 3.63) is 16.8 Å². The van der Waals surface area contributed by atoms with Crippen molar-refractivity contribution in [2.24, 2.45) is 0 Å². The van der Waals surface area contributed by atoms with Crippen molar-refractivity contribution in [2.45, 2.75) is 20.3 Å². The number of anilines is 1. The quantitative estimate of drug-likeness (QED) is 0.931. The van der Waals surface area contributed by atoms with E-state index in [-0.39, 0.29) is 6.61 Å². The minimum atomic E-state index is 0.238. The summed E-state index contributed by atoms with van der Waals surface area (Å²) in [6, 6.07) is 2.20. The molecule has 0 amide bonds. The maximum Gasteiger partial charge on any atom is 0.141 e. The summed E-state index contributed by atoms with van der Waals surface area (Å²) in [6.07, 6.45) is 0.865. The number of nitrogens with zero attached hydrogens (tertiary/aromatic N) is 4. The van der Waals surface area contributed by atoms with Gasteiger partial charge in [0.2, 0.25) is 0 Å². The highest BCUT2D eigenvalue weighted by molar-refractivity contribution is 7.18. The van der Waals surface area contributed by atoms with Crippen molar-refractivity contribution in [3.63, 3.8) is 0 Å². The van der Waals surface area contributed by atoms with Gasteiger partial charge in [0.1, 0.15) is 16.5 Å². The van der Waals surface area contributed by atoms with Gasteiger partial charge in [0.05, 0.1) is 12.0 Å². The molecule has 6 heteroatoms. The molecule has 2 aromatic heterocycles. The first-order valence-corrected chi connectivity index (χ1v) is 8.38. The van der Waals surface area contributed by atoms with Crippen molar-refractivity contribution >= 4 is 27.4 Å². The van der Waals surface area contributed by atoms with Crippen LogP contribution < -0.4 is 4.90 Å². The lowest BCUT2D eigenvalue weighted by Crippen LogP contribution is -2.47. The predicted molar refractivity (Wildman–Crippen MR) is 87.3 cm³/mol. The lowest BCUT2D eigenvalue weighted by atomic mass is 10.2. The molecule has 0 radical (unpaired) electrons. The molecule has 1 aliphatic heterocycles. The molecule has 0 aliphatic carbocycles. The van der Waals surface area contributed by atoms with Gasteiger partial charge in [0.25, 0.3) is 0 Å². The second kappa shape index (κ2) is 6.25. The monoisotopic (exact) mass is 306 g/mol. The van der Waals surface area contributed by atoms with Gasteiger partial charge in [-0.05, 0) is 13.0 Å². The van der Waals surface area contributed by atoms with Gasteiger partial charge in [0, 0.05) is 44.0 Å². The molecule has 1 N–H and O–H groups in total. The van der Waals surface area contributed by atoms with Crippen molar-refractivity contribution in [3.8, 4) is 0 Å². The SMILES string of the molecule is CCc1nc(N2CCN(CCO)CC2)c2cc(C)sc2n1. The van der Waals surface area contributed by atoms with E-state index in [0.29, 0.717) is 0 Å². The molecule has 1 fully saturated rings. The first kappa shape index (κ1) is 14.7. The molecule has 0 saturated carbocycles. The average Bonchev–Trinajstić information content (AvgIpc) is 2.87. The van der Waals surface area contributed by atoms with Crippen LogP contribution in [0.15, 0.2) is 6.07 Å². The zero-order valence-electron chi connectivity index (χ0n) is 12.7. The number of hydrogen-bond acceptors (Lipinski definition) is 6. The topological polar surface area (TPSA) is 52.5 Å². The largest absolute Gasteiger partial charge is 0.395 e. The van der Waals surface area contributed by atoms with Crippen LogP contribution in [0.2, 0.25) is 0 Å². The molecule has 2 aromatic rings. The fourth-order valence-electron chi connectivity index (χ4n) is 2.79. The van der Waals surface area contributed by atoms with E-state index in [1.165, 1.54) is 10.3 Å². The second-order valence-electron chi connectivity index (χ2n) is 5.45. The molecule has 1 saturated heterocycles. The van der Waals surface area contributed by atoms with Crippen LogP contribution in [-0.4, -0.2) is 59.3 Å². The number of hydrogen-bond donors (Lipinski definition) is 1. The summed E-state index contributed by atoms with van der Waals surface area (Å²) in [4.78, 5) is 16.5.